The number of thiophene rings is 1. The summed E-state index contributed by atoms with van der Waals surface area (Å²) in [6.07, 6.45) is -4.49. The van der Waals surface area contributed by atoms with Crippen molar-refractivity contribution >= 4 is 50.8 Å². The summed E-state index contributed by atoms with van der Waals surface area (Å²) in [5, 5.41) is 4.59. The molecule has 2 aromatic heterocycles. The third kappa shape index (κ3) is 6.35. The van der Waals surface area contributed by atoms with Gasteiger partial charge in [-0.15, -0.1) is 23.1 Å². The van der Waals surface area contributed by atoms with E-state index in [-0.39, 0.29) is 17.0 Å². The maximum absolute atomic E-state index is 12.5. The summed E-state index contributed by atoms with van der Waals surface area (Å²) in [6.45, 7) is 4.10. The number of fused-ring (bicyclic) bond motifs is 1. The maximum Gasteiger partial charge on any atom is 0.405 e. The van der Waals surface area contributed by atoms with Gasteiger partial charge in [-0.25, -0.2) is 4.98 Å². The first-order valence-corrected chi connectivity index (χ1v) is 11.7. The van der Waals surface area contributed by atoms with E-state index in [9.17, 15) is 27.6 Å². The molecule has 0 saturated heterocycles. The van der Waals surface area contributed by atoms with Gasteiger partial charge in [-0.05, 0) is 50.6 Å². The fourth-order valence-electron chi connectivity index (χ4n) is 2.88. The number of carbonyl (C=O) groups excluding carboxylic acids is 2. The van der Waals surface area contributed by atoms with Gasteiger partial charge in [-0.3, -0.25) is 14.4 Å². The van der Waals surface area contributed by atoms with E-state index in [2.05, 4.69) is 15.3 Å². The Hall–Kier alpha value is -2.86. The number of rotatable bonds is 7. The van der Waals surface area contributed by atoms with Gasteiger partial charge in [0.05, 0.1) is 16.4 Å². The van der Waals surface area contributed by atoms with Crippen LogP contribution in [0.25, 0.3) is 10.2 Å². The lowest BCUT2D eigenvalue weighted by Gasteiger charge is -2.12. The lowest BCUT2D eigenvalue weighted by atomic mass is 10.2. The molecule has 33 heavy (non-hydrogen) atoms. The monoisotopic (exact) mass is 498 g/mol. The second-order valence-corrected chi connectivity index (χ2v) is 9.83. The minimum atomic E-state index is -4.49. The van der Waals surface area contributed by atoms with Crippen LogP contribution in [-0.4, -0.2) is 39.8 Å². The molecule has 3 rings (SSSR count). The highest BCUT2D eigenvalue weighted by Gasteiger charge is 2.27. The molecule has 0 aliphatic rings. The number of hydrogen-bond acceptors (Lipinski definition) is 6. The van der Waals surface area contributed by atoms with Crippen molar-refractivity contribution in [2.75, 3.05) is 11.9 Å². The maximum atomic E-state index is 12.5. The van der Waals surface area contributed by atoms with E-state index in [4.69, 9.17) is 0 Å². The number of benzene rings is 1. The molecule has 7 nitrogen and oxygen atoms in total. The van der Waals surface area contributed by atoms with Crippen LogP contribution in [0, 0.1) is 13.8 Å². The predicted octanol–water partition coefficient (Wildman–Crippen LogP) is 4.15. The zero-order valence-electron chi connectivity index (χ0n) is 17.9. The summed E-state index contributed by atoms with van der Waals surface area (Å²) in [5.41, 5.74) is 1.16. The zero-order chi connectivity index (χ0) is 24.3. The molecule has 1 aromatic carbocycles. The summed E-state index contributed by atoms with van der Waals surface area (Å²) in [5.74, 6) is -0.356. The second-order valence-electron chi connectivity index (χ2n) is 7.29. The first-order valence-electron chi connectivity index (χ1n) is 9.81. The third-order valence-corrected chi connectivity index (χ3v) is 7.05. The Labute approximate surface area is 195 Å². The fourth-order valence-corrected chi connectivity index (χ4v) is 4.68. The van der Waals surface area contributed by atoms with Crippen molar-refractivity contribution in [1.29, 1.82) is 0 Å². The van der Waals surface area contributed by atoms with Crippen LogP contribution in [0.4, 0.5) is 18.9 Å². The van der Waals surface area contributed by atoms with Gasteiger partial charge in [-0.1, -0.05) is 0 Å². The highest BCUT2D eigenvalue weighted by atomic mass is 32.2. The molecule has 2 amide bonds. The highest BCUT2D eigenvalue weighted by Crippen LogP contribution is 2.26. The molecular weight excluding hydrogens is 477 g/mol. The summed E-state index contributed by atoms with van der Waals surface area (Å²) < 4.78 is 36.6. The van der Waals surface area contributed by atoms with Gasteiger partial charge in [0.25, 0.3) is 11.5 Å². The van der Waals surface area contributed by atoms with Crippen molar-refractivity contribution in [3.05, 3.63) is 56.4 Å². The van der Waals surface area contributed by atoms with Crippen LogP contribution in [-0.2, 0) is 10.5 Å². The van der Waals surface area contributed by atoms with Crippen LogP contribution in [0.3, 0.4) is 0 Å². The first-order chi connectivity index (χ1) is 15.4. The quantitative estimate of drug-likeness (QED) is 0.454. The van der Waals surface area contributed by atoms with Crippen molar-refractivity contribution in [3.63, 3.8) is 0 Å². The number of thioether (sulfide) groups is 1. The van der Waals surface area contributed by atoms with E-state index in [0.717, 1.165) is 10.4 Å². The van der Waals surface area contributed by atoms with Crippen molar-refractivity contribution in [1.82, 2.24) is 15.3 Å². The lowest BCUT2D eigenvalue weighted by molar-refractivity contribution is -0.123. The number of hydrogen-bond donors (Lipinski definition) is 3. The number of anilines is 1. The number of nitrogens with zero attached hydrogens (tertiary/aromatic N) is 1. The fraction of sp³-hybridized carbons (Fsp3) is 0.333. The van der Waals surface area contributed by atoms with E-state index in [1.54, 1.807) is 12.2 Å². The van der Waals surface area contributed by atoms with Crippen LogP contribution >= 0.6 is 23.1 Å². The topological polar surface area (TPSA) is 104 Å². The number of aromatic amines is 1. The average Bonchev–Trinajstić information content (AvgIpc) is 3.04. The van der Waals surface area contributed by atoms with Gasteiger partial charge in [-0.2, -0.15) is 13.2 Å². The van der Waals surface area contributed by atoms with E-state index in [0.29, 0.717) is 27.5 Å². The number of alkyl halides is 3. The molecule has 0 fully saturated rings. The Bertz CT molecular complexity index is 1240. The van der Waals surface area contributed by atoms with Gasteiger partial charge in [0, 0.05) is 16.1 Å². The average molecular weight is 499 g/mol. The highest BCUT2D eigenvalue weighted by molar-refractivity contribution is 7.99. The number of H-pyrrole nitrogens is 1. The molecule has 1 unspecified atom stereocenters. The first kappa shape index (κ1) is 24.8. The summed E-state index contributed by atoms with van der Waals surface area (Å²) in [7, 11) is 0. The summed E-state index contributed by atoms with van der Waals surface area (Å²) in [6, 6.07) is 5.53. The second kappa shape index (κ2) is 9.96. The molecule has 176 valence electrons. The number of aryl methyl sites for hydroxylation is 2. The largest absolute Gasteiger partial charge is 0.405 e. The number of nitrogens with one attached hydrogen (secondary N) is 3. The molecule has 0 bridgehead atoms. The number of halogens is 3. The molecular formula is C21H21F3N4O3S2. The van der Waals surface area contributed by atoms with Gasteiger partial charge < -0.3 is 15.6 Å². The molecule has 2 heterocycles. The van der Waals surface area contributed by atoms with Crippen molar-refractivity contribution in [2.45, 2.75) is 38.0 Å². The van der Waals surface area contributed by atoms with Crippen LogP contribution in [0.5, 0.6) is 0 Å². The number of carbonyl (C=O) groups is 2. The van der Waals surface area contributed by atoms with Gasteiger partial charge in [0.2, 0.25) is 5.91 Å². The Morgan fingerprint density at radius 1 is 1.21 bits per heavy atom. The smallest absolute Gasteiger partial charge is 0.343 e. The third-order valence-electron chi connectivity index (χ3n) is 4.79. The van der Waals surface area contributed by atoms with E-state index in [1.807, 2.05) is 13.8 Å². The van der Waals surface area contributed by atoms with Gasteiger partial charge in [0.15, 0.2) is 0 Å². The summed E-state index contributed by atoms with van der Waals surface area (Å²) >= 11 is 2.74. The molecule has 3 aromatic rings. The minimum absolute atomic E-state index is 0.0455. The number of aromatic nitrogens is 2. The normalized spacial score (nSPS) is 12.5. The molecule has 0 saturated carbocycles. The predicted molar refractivity (Wildman–Crippen MR) is 124 cm³/mol. The van der Waals surface area contributed by atoms with Crippen LogP contribution in [0.1, 0.15) is 33.5 Å². The molecule has 0 aliphatic heterocycles. The van der Waals surface area contributed by atoms with Gasteiger partial charge in [0.1, 0.15) is 17.2 Å². The van der Waals surface area contributed by atoms with E-state index in [1.165, 1.54) is 47.4 Å². The molecule has 3 N–H and O–H groups in total. The van der Waals surface area contributed by atoms with Crippen LogP contribution in [0.15, 0.2) is 29.1 Å². The molecule has 1 atom stereocenters. The van der Waals surface area contributed by atoms with Crippen molar-refractivity contribution in [2.24, 2.45) is 0 Å². The minimum Gasteiger partial charge on any atom is -0.343 e. The zero-order valence-corrected chi connectivity index (χ0v) is 19.6. The lowest BCUT2D eigenvalue weighted by Crippen LogP contribution is -2.33. The molecule has 0 radical (unpaired) electrons. The SMILES string of the molecule is Cc1sc2nc(CSC(C)C(=O)Nc3ccc(C(=O)NCC(F)(F)F)cc3)[nH]c(=O)c2c1C. The van der Waals surface area contributed by atoms with Crippen molar-refractivity contribution < 1.29 is 22.8 Å². The van der Waals surface area contributed by atoms with Crippen LogP contribution in [0.2, 0.25) is 0 Å². The Morgan fingerprint density at radius 3 is 2.52 bits per heavy atom. The Morgan fingerprint density at radius 2 is 1.88 bits per heavy atom. The number of amides is 2. The molecule has 0 spiro atoms. The summed E-state index contributed by atoms with van der Waals surface area (Å²) in [4.78, 5) is 45.5. The standard InChI is InChI=1S/C21H21F3N4O3S2/c1-10-11(2)33-20-16(10)19(31)27-15(28-20)8-32-12(3)17(29)26-14-6-4-13(5-7-14)18(30)25-9-21(22,23)24/h4-7,12H,8-9H2,1-3H3,(H,25,30)(H,26,29)(H,27,28,31). The van der Waals surface area contributed by atoms with E-state index < -0.39 is 23.9 Å². The van der Waals surface area contributed by atoms with Crippen LogP contribution < -0.4 is 16.2 Å². The van der Waals surface area contributed by atoms with Gasteiger partial charge >= 0.3 is 6.18 Å². The molecule has 12 heteroatoms. The van der Waals surface area contributed by atoms with Crippen molar-refractivity contribution in [3.8, 4) is 0 Å². The Balaban J connectivity index is 1.56. The molecule has 0 aliphatic carbocycles. The Kier molecular flexibility index (Phi) is 7.48. The van der Waals surface area contributed by atoms with E-state index >= 15 is 0 Å².